The van der Waals surface area contributed by atoms with Crippen molar-refractivity contribution < 1.29 is 0 Å². The minimum absolute atomic E-state index is 1.23. The predicted octanol–water partition coefficient (Wildman–Crippen LogP) is 13.1. The van der Waals surface area contributed by atoms with E-state index in [2.05, 4.69) is 179 Å². The fraction of sp³-hybridized carbons (Fsp3) is 0. The summed E-state index contributed by atoms with van der Waals surface area (Å²) in [5.41, 5.74) is 10.00. The van der Waals surface area contributed by atoms with Crippen LogP contribution < -0.4 is 0 Å². The first-order valence-corrected chi connectivity index (χ1v) is 17.4. The van der Waals surface area contributed by atoms with Crippen molar-refractivity contribution in [2.24, 2.45) is 0 Å². The van der Waals surface area contributed by atoms with Gasteiger partial charge in [0.05, 0.1) is 33.3 Å². The smallest absolute Gasteiger partial charge is 0.0641 e. The molecule has 0 atom stereocenters. The lowest BCUT2D eigenvalue weighted by atomic mass is 9.88. The van der Waals surface area contributed by atoms with Crippen LogP contribution in [0.15, 0.2) is 170 Å². The fourth-order valence-corrected chi connectivity index (χ4v) is 9.29. The monoisotopic (exact) mass is 632 g/mol. The molecule has 0 unspecified atom stereocenters. The lowest BCUT2D eigenvalue weighted by molar-refractivity contribution is 1.21. The Labute approximate surface area is 287 Å². The largest absolute Gasteiger partial charge is 0.308 e. The van der Waals surface area contributed by atoms with Crippen LogP contribution in [0.5, 0.6) is 0 Å². The van der Waals surface area contributed by atoms with Crippen molar-refractivity contribution in [1.29, 1.82) is 0 Å². The number of aromatic nitrogens is 2. The Morgan fingerprint density at radius 2 is 0.800 bits per heavy atom. The molecule has 0 N–H and O–H groups in total. The fourth-order valence-electron chi connectivity index (χ4n) is 9.29. The van der Waals surface area contributed by atoms with Crippen LogP contribution in [0, 0.1) is 0 Å². The third-order valence-electron chi connectivity index (χ3n) is 11.2. The zero-order chi connectivity index (χ0) is 32.5. The van der Waals surface area contributed by atoms with Crippen LogP contribution in [0.2, 0.25) is 0 Å². The minimum atomic E-state index is 1.23. The van der Waals surface area contributed by atoms with Crippen LogP contribution in [0.4, 0.5) is 0 Å². The zero-order valence-corrected chi connectivity index (χ0v) is 27.1. The van der Waals surface area contributed by atoms with Crippen LogP contribution in [0.25, 0.3) is 109 Å². The quantitative estimate of drug-likeness (QED) is 0.168. The summed E-state index contributed by atoms with van der Waals surface area (Å²) in [7, 11) is 0. The van der Waals surface area contributed by atoms with E-state index < -0.39 is 0 Å². The molecule has 3 aromatic heterocycles. The maximum Gasteiger partial charge on any atom is 0.0641 e. The van der Waals surface area contributed by atoms with Gasteiger partial charge in [0.25, 0.3) is 0 Å². The maximum absolute atomic E-state index is 2.57. The van der Waals surface area contributed by atoms with E-state index in [1.54, 1.807) is 0 Å². The normalized spacial score (nSPS) is 12.4. The molecule has 2 nitrogen and oxygen atoms in total. The molecule has 3 heterocycles. The number of nitrogens with zero attached hydrogens (tertiary/aromatic N) is 2. The van der Waals surface area contributed by atoms with Gasteiger partial charge < -0.3 is 8.97 Å². The highest BCUT2D eigenvalue weighted by Gasteiger charge is 2.25. The molecule has 0 saturated carbocycles. The van der Waals surface area contributed by atoms with Crippen molar-refractivity contribution in [1.82, 2.24) is 8.97 Å². The van der Waals surface area contributed by atoms with Crippen molar-refractivity contribution >= 4 is 92.2 Å². The Bertz CT molecular complexity index is 3310. The molecule has 0 aliphatic carbocycles. The molecule has 2 heteroatoms. The van der Waals surface area contributed by atoms with Crippen LogP contribution in [-0.4, -0.2) is 8.97 Å². The van der Waals surface area contributed by atoms with E-state index in [1.807, 2.05) is 0 Å². The lowest BCUT2D eigenvalue weighted by Gasteiger charge is -2.20. The SMILES string of the molecule is c1ccc2c(-c3c4ccccc4c(-n4c5cccc6c7ccccc7n7c8ccccc8c8ccc4c(c65)c87)c4ccccc34)cccc2c1. The molecule has 0 fully saturated rings. The van der Waals surface area contributed by atoms with Crippen LogP contribution >= 0.6 is 0 Å². The van der Waals surface area contributed by atoms with Crippen molar-refractivity contribution in [3.63, 3.8) is 0 Å². The molecule has 0 saturated heterocycles. The molecular weight excluding hydrogens is 605 g/mol. The summed E-state index contributed by atoms with van der Waals surface area (Å²) in [4.78, 5) is 0. The van der Waals surface area contributed by atoms with E-state index in [4.69, 9.17) is 0 Å². The lowest BCUT2D eigenvalue weighted by Crippen LogP contribution is -1.99. The second-order valence-electron chi connectivity index (χ2n) is 13.6. The molecule has 0 aliphatic heterocycles. The van der Waals surface area contributed by atoms with Gasteiger partial charge in [-0.05, 0) is 62.3 Å². The third kappa shape index (κ3) is 3.19. The van der Waals surface area contributed by atoms with Crippen molar-refractivity contribution in [3.8, 4) is 16.8 Å². The van der Waals surface area contributed by atoms with E-state index in [1.165, 1.54) is 109 Å². The van der Waals surface area contributed by atoms with Crippen molar-refractivity contribution in [2.45, 2.75) is 0 Å². The molecule has 230 valence electrons. The second-order valence-corrected chi connectivity index (χ2v) is 13.6. The van der Waals surface area contributed by atoms with E-state index in [-0.39, 0.29) is 0 Å². The highest BCUT2D eigenvalue weighted by atomic mass is 15.0. The van der Waals surface area contributed by atoms with Gasteiger partial charge >= 0.3 is 0 Å². The molecular formula is C48H28N2. The van der Waals surface area contributed by atoms with Gasteiger partial charge in [0.1, 0.15) is 0 Å². The molecule has 0 amide bonds. The summed E-state index contributed by atoms with van der Waals surface area (Å²) in [5.74, 6) is 0. The molecule has 0 spiro atoms. The molecule has 9 aromatic carbocycles. The van der Waals surface area contributed by atoms with Gasteiger partial charge in [-0.25, -0.2) is 0 Å². The van der Waals surface area contributed by atoms with Crippen molar-refractivity contribution in [2.75, 3.05) is 0 Å². The highest BCUT2D eigenvalue weighted by molar-refractivity contribution is 6.34. The number of rotatable bonds is 2. The summed E-state index contributed by atoms with van der Waals surface area (Å²) >= 11 is 0. The van der Waals surface area contributed by atoms with Crippen LogP contribution in [0.3, 0.4) is 0 Å². The van der Waals surface area contributed by atoms with Gasteiger partial charge in [-0.1, -0.05) is 146 Å². The first kappa shape index (κ1) is 26.3. The summed E-state index contributed by atoms with van der Waals surface area (Å²) in [5, 5.41) is 15.3. The molecule has 0 bridgehead atoms. The van der Waals surface area contributed by atoms with Gasteiger partial charge in [0.2, 0.25) is 0 Å². The third-order valence-corrected chi connectivity index (χ3v) is 11.2. The first-order chi connectivity index (χ1) is 24.9. The highest BCUT2D eigenvalue weighted by Crippen LogP contribution is 2.49. The zero-order valence-electron chi connectivity index (χ0n) is 27.1. The van der Waals surface area contributed by atoms with Crippen molar-refractivity contribution in [3.05, 3.63) is 170 Å². The Balaban J connectivity index is 1.34. The molecule has 0 radical (unpaired) electrons. The average Bonchev–Trinajstić information content (AvgIpc) is 3.65. The van der Waals surface area contributed by atoms with E-state index in [0.717, 1.165) is 0 Å². The molecule has 12 aromatic rings. The first-order valence-electron chi connectivity index (χ1n) is 17.4. The van der Waals surface area contributed by atoms with E-state index >= 15 is 0 Å². The Morgan fingerprint density at radius 1 is 0.300 bits per heavy atom. The Kier molecular flexibility index (Phi) is 5.00. The van der Waals surface area contributed by atoms with Gasteiger partial charge in [-0.3, -0.25) is 0 Å². The number of hydrogen-bond donors (Lipinski definition) is 0. The van der Waals surface area contributed by atoms with Gasteiger partial charge in [-0.15, -0.1) is 0 Å². The van der Waals surface area contributed by atoms with E-state index in [9.17, 15) is 0 Å². The summed E-state index contributed by atoms with van der Waals surface area (Å²) in [6.45, 7) is 0. The Hall–Kier alpha value is -6.64. The molecule has 50 heavy (non-hydrogen) atoms. The molecule has 12 rings (SSSR count). The number of para-hydroxylation sites is 2. The minimum Gasteiger partial charge on any atom is -0.308 e. The van der Waals surface area contributed by atoms with Gasteiger partial charge in [0.15, 0.2) is 0 Å². The standard InChI is InChI=1S/C48H28N2/c1-2-15-30-29(13-1)14-11-22-33(30)44-35-18-3-5-20-37(35)47(38-21-6-4-19-36(38)44)50-42-26-12-23-34-31-16-7-9-24-40(31)49-41-25-10-8-17-32(41)39-27-28-43(50)46(45(34)42)48(39)49/h1-28H. The number of benzene rings is 9. The number of hydrogen-bond acceptors (Lipinski definition) is 0. The van der Waals surface area contributed by atoms with Gasteiger partial charge in [-0.2, -0.15) is 0 Å². The van der Waals surface area contributed by atoms with Crippen LogP contribution in [0.1, 0.15) is 0 Å². The summed E-state index contributed by atoms with van der Waals surface area (Å²) in [6.07, 6.45) is 0. The average molecular weight is 633 g/mol. The summed E-state index contributed by atoms with van der Waals surface area (Å²) < 4.78 is 5.09. The summed E-state index contributed by atoms with van der Waals surface area (Å²) in [6, 6.07) is 63.0. The number of fused-ring (bicyclic) bond motifs is 9. The van der Waals surface area contributed by atoms with Crippen LogP contribution in [-0.2, 0) is 0 Å². The van der Waals surface area contributed by atoms with Gasteiger partial charge in [0, 0.05) is 37.7 Å². The topological polar surface area (TPSA) is 9.34 Å². The Morgan fingerprint density at radius 3 is 1.52 bits per heavy atom. The maximum atomic E-state index is 2.57. The second kappa shape index (κ2) is 9.49. The molecule has 0 aliphatic rings. The van der Waals surface area contributed by atoms with E-state index in [0.29, 0.717) is 0 Å². The predicted molar refractivity (Wildman–Crippen MR) is 213 cm³/mol.